The van der Waals surface area contributed by atoms with Crippen LogP contribution in [-0.4, -0.2) is 58.2 Å². The molecule has 2 amide bonds. The van der Waals surface area contributed by atoms with Gasteiger partial charge in [-0.1, -0.05) is 42.1 Å². The molecule has 0 aliphatic carbocycles. The van der Waals surface area contributed by atoms with Crippen LogP contribution in [0.15, 0.2) is 65.8 Å². The molecular weight excluding hydrogens is 493 g/mol. The van der Waals surface area contributed by atoms with Gasteiger partial charge in [0.1, 0.15) is 5.69 Å². The first-order valence-electron chi connectivity index (χ1n) is 11.2. The predicted molar refractivity (Wildman–Crippen MR) is 130 cm³/mol. The number of carbonyl (C=O) groups excluding carboxylic acids is 2. The largest absolute Gasteiger partial charge is 0.433 e. The fraction of sp³-hybridized carbons (Fsp3) is 0.280. The molecule has 1 unspecified atom stereocenters. The van der Waals surface area contributed by atoms with Crippen molar-refractivity contribution in [3.05, 3.63) is 71.9 Å². The number of alkyl halides is 3. The van der Waals surface area contributed by atoms with Gasteiger partial charge in [0.05, 0.1) is 24.2 Å². The highest BCUT2D eigenvalue weighted by Gasteiger charge is 2.34. The minimum Gasteiger partial charge on any atom is -0.378 e. The Hall–Kier alpha value is -3.44. The van der Waals surface area contributed by atoms with Gasteiger partial charge in [0.2, 0.25) is 5.91 Å². The van der Waals surface area contributed by atoms with Crippen LogP contribution < -0.4 is 5.32 Å². The van der Waals surface area contributed by atoms with Crippen LogP contribution in [0.4, 0.5) is 18.9 Å². The van der Waals surface area contributed by atoms with Gasteiger partial charge in [0, 0.05) is 29.9 Å². The Bertz CT molecular complexity index is 1220. The fourth-order valence-corrected chi connectivity index (χ4v) is 4.26. The lowest BCUT2D eigenvalue weighted by Gasteiger charge is -2.26. The third-order valence-electron chi connectivity index (χ3n) is 5.41. The normalized spacial score (nSPS) is 14.8. The lowest BCUT2D eigenvalue weighted by atomic mass is 10.1. The number of carbonyl (C=O) groups is 2. The molecule has 1 atom stereocenters. The number of thioether (sulfide) groups is 1. The van der Waals surface area contributed by atoms with E-state index in [2.05, 4.69) is 15.3 Å². The second kappa shape index (κ2) is 11.1. The van der Waals surface area contributed by atoms with Crippen LogP contribution in [0, 0.1) is 0 Å². The maximum absolute atomic E-state index is 13.4. The second-order valence-corrected chi connectivity index (χ2v) is 9.32. The van der Waals surface area contributed by atoms with Crippen LogP contribution in [-0.2, 0) is 15.7 Å². The van der Waals surface area contributed by atoms with Gasteiger partial charge in [0.15, 0.2) is 5.16 Å². The van der Waals surface area contributed by atoms with E-state index >= 15 is 0 Å². The molecule has 1 aromatic heterocycles. The van der Waals surface area contributed by atoms with Gasteiger partial charge in [-0.2, -0.15) is 13.2 Å². The zero-order valence-corrected chi connectivity index (χ0v) is 20.1. The number of amides is 2. The van der Waals surface area contributed by atoms with Crippen molar-refractivity contribution in [3.63, 3.8) is 0 Å². The average molecular weight is 517 g/mol. The van der Waals surface area contributed by atoms with Crippen molar-refractivity contribution in [2.45, 2.75) is 23.5 Å². The molecule has 2 aromatic carbocycles. The molecule has 2 heterocycles. The standard InChI is InChI=1S/C25H23F3N4O3S/c1-16(22(33)29-19-9-7-18(8-10-19)23(34)32-11-13-35-14-12-32)36-24-30-20(17-5-3-2-4-6-17)15-21(31-24)25(26,27)28/h2-10,15-16H,11-14H2,1H3,(H,29,33). The Morgan fingerprint density at radius 3 is 2.33 bits per heavy atom. The number of benzene rings is 2. The molecular formula is C25H23F3N4O3S. The first kappa shape index (κ1) is 25.6. The van der Waals surface area contributed by atoms with Gasteiger partial charge >= 0.3 is 6.18 Å². The fourth-order valence-electron chi connectivity index (χ4n) is 3.48. The number of aromatic nitrogens is 2. The van der Waals surface area contributed by atoms with Crippen molar-refractivity contribution in [1.29, 1.82) is 0 Å². The minimum atomic E-state index is -4.66. The summed E-state index contributed by atoms with van der Waals surface area (Å²) in [7, 11) is 0. The van der Waals surface area contributed by atoms with E-state index < -0.39 is 23.0 Å². The summed E-state index contributed by atoms with van der Waals surface area (Å²) < 4.78 is 45.6. The SMILES string of the molecule is CC(Sc1nc(-c2ccccc2)cc(C(F)(F)F)n1)C(=O)Nc1ccc(C(=O)N2CCOCC2)cc1. The molecule has 1 aliphatic heterocycles. The van der Waals surface area contributed by atoms with E-state index in [0.717, 1.165) is 17.8 Å². The van der Waals surface area contributed by atoms with Gasteiger partial charge in [0.25, 0.3) is 5.91 Å². The Morgan fingerprint density at radius 1 is 1.03 bits per heavy atom. The van der Waals surface area contributed by atoms with Crippen LogP contribution in [0.3, 0.4) is 0 Å². The van der Waals surface area contributed by atoms with E-state index in [-0.39, 0.29) is 16.8 Å². The lowest BCUT2D eigenvalue weighted by molar-refractivity contribution is -0.141. The summed E-state index contributed by atoms with van der Waals surface area (Å²) >= 11 is 0.830. The van der Waals surface area contributed by atoms with Crippen LogP contribution in [0.5, 0.6) is 0 Å². The van der Waals surface area contributed by atoms with E-state index in [0.29, 0.717) is 43.1 Å². The number of ether oxygens (including phenoxy) is 1. The van der Waals surface area contributed by atoms with Crippen LogP contribution in [0.25, 0.3) is 11.3 Å². The molecule has 7 nitrogen and oxygen atoms in total. The van der Waals surface area contributed by atoms with Crippen molar-refractivity contribution in [1.82, 2.24) is 14.9 Å². The van der Waals surface area contributed by atoms with Gasteiger partial charge in [-0.25, -0.2) is 9.97 Å². The Balaban J connectivity index is 1.44. The third kappa shape index (κ3) is 6.41. The molecule has 0 spiro atoms. The molecule has 188 valence electrons. The Morgan fingerprint density at radius 2 is 1.69 bits per heavy atom. The molecule has 0 saturated carbocycles. The molecule has 36 heavy (non-hydrogen) atoms. The molecule has 1 N–H and O–H groups in total. The molecule has 11 heteroatoms. The highest BCUT2D eigenvalue weighted by molar-refractivity contribution is 8.00. The molecule has 1 fully saturated rings. The van der Waals surface area contributed by atoms with E-state index in [1.165, 1.54) is 0 Å². The molecule has 0 radical (unpaired) electrons. The monoisotopic (exact) mass is 516 g/mol. The Kier molecular flexibility index (Phi) is 7.90. The van der Waals surface area contributed by atoms with Crippen molar-refractivity contribution in [3.8, 4) is 11.3 Å². The number of nitrogens with zero attached hydrogens (tertiary/aromatic N) is 3. The molecule has 0 bridgehead atoms. The van der Waals surface area contributed by atoms with Gasteiger partial charge in [-0.05, 0) is 37.3 Å². The lowest BCUT2D eigenvalue weighted by Crippen LogP contribution is -2.40. The first-order valence-corrected chi connectivity index (χ1v) is 12.0. The number of nitrogens with one attached hydrogen (secondary N) is 1. The summed E-state index contributed by atoms with van der Waals surface area (Å²) in [6, 6.07) is 15.8. The van der Waals surface area contributed by atoms with Gasteiger partial charge in [-0.15, -0.1) is 0 Å². The summed E-state index contributed by atoms with van der Waals surface area (Å²) in [5, 5.41) is 1.78. The number of morpholine rings is 1. The zero-order chi connectivity index (χ0) is 25.7. The second-order valence-electron chi connectivity index (χ2n) is 8.02. The zero-order valence-electron chi connectivity index (χ0n) is 19.3. The van der Waals surface area contributed by atoms with E-state index in [1.54, 1.807) is 66.4 Å². The maximum atomic E-state index is 13.4. The highest BCUT2D eigenvalue weighted by atomic mass is 32.2. The summed E-state index contributed by atoms with van der Waals surface area (Å²) in [4.78, 5) is 34.9. The summed E-state index contributed by atoms with van der Waals surface area (Å²) in [5.41, 5.74) is 0.501. The Labute approximate surface area is 210 Å². The quantitative estimate of drug-likeness (QED) is 0.376. The number of rotatable bonds is 6. The van der Waals surface area contributed by atoms with Crippen molar-refractivity contribution in [2.24, 2.45) is 0 Å². The summed E-state index contributed by atoms with van der Waals surface area (Å²) in [6.45, 7) is 3.60. The highest BCUT2D eigenvalue weighted by Crippen LogP contribution is 2.33. The topological polar surface area (TPSA) is 84.4 Å². The van der Waals surface area contributed by atoms with Crippen LogP contribution in [0.1, 0.15) is 23.0 Å². The molecule has 4 rings (SSSR count). The predicted octanol–water partition coefficient (Wildman–Crippen LogP) is 4.75. The van der Waals surface area contributed by atoms with E-state index in [4.69, 9.17) is 4.74 Å². The third-order valence-corrected chi connectivity index (χ3v) is 6.38. The maximum Gasteiger partial charge on any atom is 0.433 e. The van der Waals surface area contributed by atoms with Crippen molar-refractivity contribution >= 4 is 29.3 Å². The number of hydrogen-bond donors (Lipinski definition) is 1. The van der Waals surface area contributed by atoms with Crippen molar-refractivity contribution in [2.75, 3.05) is 31.6 Å². The number of hydrogen-bond acceptors (Lipinski definition) is 6. The number of halogens is 3. The minimum absolute atomic E-state index is 0.115. The van der Waals surface area contributed by atoms with E-state index in [9.17, 15) is 22.8 Å². The smallest absolute Gasteiger partial charge is 0.378 e. The first-order chi connectivity index (χ1) is 17.2. The molecule has 1 saturated heterocycles. The molecule has 3 aromatic rings. The average Bonchev–Trinajstić information content (AvgIpc) is 2.89. The van der Waals surface area contributed by atoms with Crippen molar-refractivity contribution < 1.29 is 27.5 Å². The summed E-state index contributed by atoms with van der Waals surface area (Å²) in [6.07, 6.45) is -4.66. The summed E-state index contributed by atoms with van der Waals surface area (Å²) in [5.74, 6) is -0.550. The van der Waals surface area contributed by atoms with Crippen LogP contribution in [0.2, 0.25) is 0 Å². The van der Waals surface area contributed by atoms with Gasteiger partial charge in [-0.3, -0.25) is 9.59 Å². The van der Waals surface area contributed by atoms with Crippen LogP contribution >= 0.6 is 11.8 Å². The van der Waals surface area contributed by atoms with E-state index in [1.807, 2.05) is 0 Å². The van der Waals surface area contributed by atoms with Gasteiger partial charge < -0.3 is 15.0 Å². The molecule has 1 aliphatic rings. The number of anilines is 1.